The summed E-state index contributed by atoms with van der Waals surface area (Å²) in [6, 6.07) is 10.2. The van der Waals surface area contributed by atoms with Crippen molar-refractivity contribution >= 4 is 34.8 Å². The number of nitrogens with one attached hydrogen (secondary N) is 1. The molecule has 4 nitrogen and oxygen atoms in total. The number of carbonyl (C=O) groups excluding carboxylic acids is 1. The summed E-state index contributed by atoms with van der Waals surface area (Å²) in [5, 5.41) is 3.23. The third-order valence-electron chi connectivity index (χ3n) is 2.59. The molecule has 0 unspecified atom stereocenters. The lowest BCUT2D eigenvalue weighted by atomic mass is 10.3. The van der Waals surface area contributed by atoms with E-state index in [-0.39, 0.29) is 18.1 Å². The molecule has 0 radical (unpaired) electrons. The Balaban J connectivity index is 1.93. The lowest BCUT2D eigenvalue weighted by Crippen LogP contribution is -2.20. The maximum absolute atomic E-state index is 12.1. The smallest absolute Gasteiger partial charge is 0.387 e. The molecule has 0 aromatic heterocycles. The van der Waals surface area contributed by atoms with Crippen LogP contribution in [0.25, 0.3) is 0 Å². The highest BCUT2D eigenvalue weighted by Crippen LogP contribution is 2.27. The summed E-state index contributed by atoms with van der Waals surface area (Å²) in [7, 11) is 0. The van der Waals surface area contributed by atoms with Gasteiger partial charge in [-0.15, -0.1) is 0 Å². The maximum Gasteiger partial charge on any atom is 0.387 e. The Kier molecular flexibility index (Phi) is 6.01. The van der Waals surface area contributed by atoms with Gasteiger partial charge in [0.15, 0.2) is 6.61 Å². The Morgan fingerprint density at radius 1 is 1.17 bits per heavy atom. The summed E-state index contributed by atoms with van der Waals surface area (Å²) in [4.78, 5) is 11.8. The van der Waals surface area contributed by atoms with Crippen LogP contribution in [0, 0.1) is 0 Å². The Morgan fingerprint density at radius 3 is 2.70 bits per heavy atom. The molecule has 1 amide bonds. The van der Waals surface area contributed by atoms with E-state index < -0.39 is 12.5 Å². The minimum Gasteiger partial charge on any atom is -0.482 e. The highest BCUT2D eigenvalue weighted by Gasteiger charge is 2.09. The Hall–Kier alpha value is -2.05. The summed E-state index contributed by atoms with van der Waals surface area (Å²) in [6.07, 6.45) is 0. The second-order valence-corrected chi connectivity index (χ2v) is 5.16. The molecule has 0 saturated carbocycles. The first-order chi connectivity index (χ1) is 10.9. The number of benzene rings is 2. The van der Waals surface area contributed by atoms with Gasteiger partial charge in [-0.25, -0.2) is 0 Å². The molecule has 0 aliphatic carbocycles. The number of ether oxygens (including phenoxy) is 2. The zero-order valence-corrected chi connectivity index (χ0v) is 13.1. The van der Waals surface area contributed by atoms with Crippen molar-refractivity contribution in [2.24, 2.45) is 0 Å². The summed E-state index contributed by atoms with van der Waals surface area (Å²) >= 11 is 11.7. The lowest BCUT2D eigenvalue weighted by Gasteiger charge is -2.10. The molecule has 23 heavy (non-hydrogen) atoms. The highest BCUT2D eigenvalue weighted by atomic mass is 35.5. The summed E-state index contributed by atoms with van der Waals surface area (Å²) < 4.78 is 33.8. The van der Waals surface area contributed by atoms with E-state index in [0.717, 1.165) is 0 Å². The second kappa shape index (κ2) is 7.99. The molecule has 0 aliphatic heterocycles. The first kappa shape index (κ1) is 17.3. The third-order valence-corrected chi connectivity index (χ3v) is 3.14. The van der Waals surface area contributed by atoms with Gasteiger partial charge < -0.3 is 14.8 Å². The van der Waals surface area contributed by atoms with E-state index in [1.165, 1.54) is 30.3 Å². The fraction of sp³-hybridized carbons (Fsp3) is 0.133. The monoisotopic (exact) mass is 361 g/mol. The van der Waals surface area contributed by atoms with Crippen molar-refractivity contribution in [1.82, 2.24) is 0 Å². The number of alkyl halides is 2. The summed E-state index contributed by atoms with van der Waals surface area (Å²) in [6.45, 7) is -3.26. The van der Waals surface area contributed by atoms with Crippen LogP contribution in [0.5, 0.6) is 11.5 Å². The molecule has 0 heterocycles. The molecule has 0 spiro atoms. The molecule has 0 aliphatic rings. The second-order valence-electron chi connectivity index (χ2n) is 4.32. The number of hydrogen-bond donors (Lipinski definition) is 1. The van der Waals surface area contributed by atoms with Gasteiger partial charge in [0.2, 0.25) is 0 Å². The standard InChI is InChI=1S/C15H11Cl2F2NO3/c16-9-4-5-12(17)13(6-9)22-8-14(21)20-10-2-1-3-11(7-10)23-15(18)19/h1-7,15H,8H2,(H,20,21). The largest absolute Gasteiger partial charge is 0.482 e. The molecule has 122 valence electrons. The van der Waals surface area contributed by atoms with Crippen LogP contribution in [0.3, 0.4) is 0 Å². The van der Waals surface area contributed by atoms with Crippen LogP contribution in [0.2, 0.25) is 10.0 Å². The van der Waals surface area contributed by atoms with Gasteiger partial charge in [-0.3, -0.25) is 4.79 Å². The zero-order valence-electron chi connectivity index (χ0n) is 11.6. The average molecular weight is 362 g/mol. The van der Waals surface area contributed by atoms with Gasteiger partial charge in [0.05, 0.1) is 5.02 Å². The zero-order chi connectivity index (χ0) is 16.8. The predicted octanol–water partition coefficient (Wildman–Crippen LogP) is 4.61. The molecule has 2 rings (SSSR count). The molecule has 0 bridgehead atoms. The van der Waals surface area contributed by atoms with E-state index in [9.17, 15) is 13.6 Å². The predicted molar refractivity (Wildman–Crippen MR) is 83.7 cm³/mol. The van der Waals surface area contributed by atoms with Crippen molar-refractivity contribution in [3.63, 3.8) is 0 Å². The van der Waals surface area contributed by atoms with E-state index >= 15 is 0 Å². The van der Waals surface area contributed by atoms with E-state index in [2.05, 4.69) is 10.1 Å². The topological polar surface area (TPSA) is 47.6 Å². The minimum absolute atomic E-state index is 0.0587. The van der Waals surface area contributed by atoms with Crippen LogP contribution in [0.4, 0.5) is 14.5 Å². The number of hydrogen-bond acceptors (Lipinski definition) is 3. The third kappa shape index (κ3) is 5.58. The van der Waals surface area contributed by atoms with Gasteiger partial charge in [-0.05, 0) is 24.3 Å². The van der Waals surface area contributed by atoms with Gasteiger partial charge in [-0.2, -0.15) is 8.78 Å². The summed E-state index contributed by atoms with van der Waals surface area (Å²) in [5.41, 5.74) is 0.300. The fourth-order valence-electron chi connectivity index (χ4n) is 1.68. The van der Waals surface area contributed by atoms with E-state index in [1.807, 2.05) is 0 Å². The lowest BCUT2D eigenvalue weighted by molar-refractivity contribution is -0.118. The Morgan fingerprint density at radius 2 is 1.96 bits per heavy atom. The number of anilines is 1. The highest BCUT2D eigenvalue weighted by molar-refractivity contribution is 6.34. The molecule has 8 heteroatoms. The average Bonchev–Trinajstić information content (AvgIpc) is 2.48. The SMILES string of the molecule is O=C(COc1cc(Cl)ccc1Cl)Nc1cccc(OC(F)F)c1. The first-order valence-electron chi connectivity index (χ1n) is 6.36. The molecular formula is C15H11Cl2F2NO3. The van der Waals surface area contributed by atoms with E-state index in [4.69, 9.17) is 27.9 Å². The molecule has 1 N–H and O–H groups in total. The number of halogens is 4. The molecule has 2 aromatic rings. The van der Waals surface area contributed by atoms with Crippen molar-refractivity contribution in [3.05, 3.63) is 52.5 Å². The van der Waals surface area contributed by atoms with Crippen molar-refractivity contribution in [2.45, 2.75) is 6.61 Å². The van der Waals surface area contributed by atoms with Gasteiger partial charge in [0, 0.05) is 22.8 Å². The number of carbonyl (C=O) groups is 1. The van der Waals surface area contributed by atoms with Gasteiger partial charge in [0.1, 0.15) is 11.5 Å². The minimum atomic E-state index is -2.94. The van der Waals surface area contributed by atoms with Crippen molar-refractivity contribution < 1.29 is 23.0 Å². The van der Waals surface area contributed by atoms with Crippen LogP contribution >= 0.6 is 23.2 Å². The van der Waals surface area contributed by atoms with Gasteiger partial charge in [-0.1, -0.05) is 29.3 Å². The molecular weight excluding hydrogens is 351 g/mol. The van der Waals surface area contributed by atoms with E-state index in [1.54, 1.807) is 12.1 Å². The van der Waals surface area contributed by atoms with E-state index in [0.29, 0.717) is 15.7 Å². The summed E-state index contributed by atoms with van der Waals surface area (Å²) in [5.74, 6) is -0.282. The van der Waals surface area contributed by atoms with Crippen molar-refractivity contribution in [3.8, 4) is 11.5 Å². The van der Waals surface area contributed by atoms with Crippen LogP contribution in [-0.4, -0.2) is 19.1 Å². The Labute approximate surface area is 140 Å². The van der Waals surface area contributed by atoms with Crippen molar-refractivity contribution in [2.75, 3.05) is 11.9 Å². The molecule has 0 saturated heterocycles. The van der Waals surface area contributed by atoms with Gasteiger partial charge in [0.25, 0.3) is 5.91 Å². The molecule has 0 fully saturated rings. The van der Waals surface area contributed by atoms with Crippen LogP contribution < -0.4 is 14.8 Å². The quantitative estimate of drug-likeness (QED) is 0.816. The van der Waals surface area contributed by atoms with Crippen LogP contribution in [0.15, 0.2) is 42.5 Å². The normalized spacial score (nSPS) is 10.5. The molecule has 0 atom stereocenters. The number of rotatable bonds is 6. The fourth-order valence-corrected chi connectivity index (χ4v) is 2.01. The van der Waals surface area contributed by atoms with Gasteiger partial charge >= 0.3 is 6.61 Å². The molecule has 2 aromatic carbocycles. The van der Waals surface area contributed by atoms with Crippen LogP contribution in [0.1, 0.15) is 0 Å². The number of amides is 1. The maximum atomic E-state index is 12.1. The Bertz CT molecular complexity index is 698. The van der Waals surface area contributed by atoms with Crippen molar-refractivity contribution in [1.29, 1.82) is 0 Å². The van der Waals surface area contributed by atoms with Crippen LogP contribution in [-0.2, 0) is 4.79 Å². The first-order valence-corrected chi connectivity index (χ1v) is 7.12.